The number of hydrogen-bond donors (Lipinski definition) is 1. The topological polar surface area (TPSA) is 105 Å². The van der Waals surface area contributed by atoms with E-state index in [0.717, 1.165) is 6.42 Å². The lowest BCUT2D eigenvalue weighted by molar-refractivity contribution is -0.138. The third-order valence-corrected chi connectivity index (χ3v) is 7.78. The number of carboxylic acid groups (broad SMARTS) is 1. The molecule has 2 heterocycles. The smallest absolute Gasteiger partial charge is 0.305 e. The molecule has 10 nitrogen and oxygen atoms in total. The number of hydrogen-bond acceptors (Lipinski definition) is 8. The lowest BCUT2D eigenvalue weighted by Gasteiger charge is -2.38. The van der Waals surface area contributed by atoms with Gasteiger partial charge < -0.3 is 33.9 Å². The molecule has 2 fully saturated rings. The quantitative estimate of drug-likeness (QED) is 0.148. The fraction of sp³-hybridized carbons (Fsp3) is 0.633. The summed E-state index contributed by atoms with van der Waals surface area (Å²) in [6.45, 7) is 14.9. The Morgan fingerprint density at radius 3 is 2.68 bits per heavy atom. The second-order valence-electron chi connectivity index (χ2n) is 10.6. The number of carbonyl (C=O) groups is 1. The van der Waals surface area contributed by atoms with Crippen LogP contribution in [0.2, 0.25) is 0 Å². The Bertz CT molecular complexity index is 1080. The summed E-state index contributed by atoms with van der Waals surface area (Å²) in [5.41, 5.74) is 0.524. The van der Waals surface area contributed by atoms with Crippen LogP contribution in [0.25, 0.3) is 0 Å². The molecular formula is C30H45FN4O6. The Balaban J connectivity index is 1.65. The summed E-state index contributed by atoms with van der Waals surface area (Å²) in [5.74, 6) is 0.545. The number of aliphatic carboxylic acids is 1. The van der Waals surface area contributed by atoms with Gasteiger partial charge in [0.1, 0.15) is 23.5 Å². The monoisotopic (exact) mass is 576 g/mol. The van der Waals surface area contributed by atoms with Gasteiger partial charge in [0, 0.05) is 70.3 Å². The van der Waals surface area contributed by atoms with Crippen molar-refractivity contribution in [3.8, 4) is 5.75 Å². The summed E-state index contributed by atoms with van der Waals surface area (Å²) >= 11 is 0. The molecule has 0 spiro atoms. The third kappa shape index (κ3) is 8.90. The van der Waals surface area contributed by atoms with Gasteiger partial charge in [-0.25, -0.2) is 14.4 Å². The van der Waals surface area contributed by atoms with Crippen molar-refractivity contribution in [1.29, 1.82) is 0 Å². The summed E-state index contributed by atoms with van der Waals surface area (Å²) in [7, 11) is 1.65. The number of methoxy groups -OCH3 is 1. The van der Waals surface area contributed by atoms with Gasteiger partial charge in [0.25, 0.3) is 0 Å². The van der Waals surface area contributed by atoms with Crippen molar-refractivity contribution in [3.63, 3.8) is 0 Å². The molecule has 1 aromatic carbocycles. The number of aliphatic imine (C=N–C) groups is 2. The molecule has 11 heteroatoms. The maximum Gasteiger partial charge on any atom is 0.305 e. The average molecular weight is 577 g/mol. The van der Waals surface area contributed by atoms with Crippen LogP contribution in [0.3, 0.4) is 0 Å². The van der Waals surface area contributed by atoms with Gasteiger partial charge in [0.15, 0.2) is 0 Å². The van der Waals surface area contributed by atoms with Crippen LogP contribution in [-0.4, -0.2) is 93.3 Å². The molecule has 1 aromatic rings. The van der Waals surface area contributed by atoms with Gasteiger partial charge in [-0.2, -0.15) is 0 Å². The largest absolute Gasteiger partial charge is 0.494 e. The minimum Gasteiger partial charge on any atom is -0.494 e. The van der Waals surface area contributed by atoms with E-state index in [1.807, 2.05) is 30.6 Å². The molecule has 3 rings (SSSR count). The summed E-state index contributed by atoms with van der Waals surface area (Å²) in [5, 5.41) is 9.52. The highest BCUT2D eigenvalue weighted by Gasteiger charge is 2.41. The van der Waals surface area contributed by atoms with Crippen LogP contribution in [0.15, 0.2) is 40.3 Å². The maximum absolute atomic E-state index is 14.6. The second kappa shape index (κ2) is 15.7. The number of carboxylic acids is 1. The van der Waals surface area contributed by atoms with Crippen LogP contribution < -0.4 is 9.64 Å². The highest BCUT2D eigenvalue weighted by Crippen LogP contribution is 2.32. The molecule has 2 aliphatic rings. The summed E-state index contributed by atoms with van der Waals surface area (Å²) in [6, 6.07) is 4.57. The van der Waals surface area contributed by atoms with Crippen LogP contribution in [0.1, 0.15) is 47.0 Å². The highest BCUT2D eigenvalue weighted by atomic mass is 19.1. The Labute approximate surface area is 242 Å². The van der Waals surface area contributed by atoms with E-state index in [9.17, 15) is 14.3 Å². The Hall–Kier alpha value is -3.18. The highest BCUT2D eigenvalue weighted by molar-refractivity contribution is 5.82. The van der Waals surface area contributed by atoms with Crippen molar-refractivity contribution >= 4 is 24.2 Å². The van der Waals surface area contributed by atoms with Gasteiger partial charge in [0.2, 0.25) is 5.88 Å². The Morgan fingerprint density at radius 2 is 2.02 bits per heavy atom. The average Bonchev–Trinajstić information content (AvgIpc) is 3.25. The maximum atomic E-state index is 14.6. The Kier molecular flexibility index (Phi) is 12.4. The SMILES string of the molecule is C=N/C(=C\N=C(C)N1CC(OCCCOC)C(C)C1CC(=O)O)O[C@@H]1CCN(c2cc(OCC)ccc2F)C[C@H]1C. The number of ether oxygens (including phenoxy) is 4. The molecule has 0 aliphatic carbocycles. The molecule has 228 valence electrons. The van der Waals surface area contributed by atoms with E-state index in [1.165, 1.54) is 12.3 Å². The van der Waals surface area contributed by atoms with E-state index in [1.54, 1.807) is 19.2 Å². The van der Waals surface area contributed by atoms with E-state index < -0.39 is 5.97 Å². The van der Waals surface area contributed by atoms with E-state index >= 15 is 0 Å². The molecule has 2 saturated heterocycles. The first-order valence-electron chi connectivity index (χ1n) is 14.3. The lowest BCUT2D eigenvalue weighted by atomic mass is 9.96. The molecule has 1 N–H and O–H groups in total. The number of amidine groups is 1. The number of rotatable bonds is 14. The predicted octanol–water partition coefficient (Wildman–Crippen LogP) is 4.59. The van der Waals surface area contributed by atoms with Crippen LogP contribution in [-0.2, 0) is 19.0 Å². The molecular weight excluding hydrogens is 531 g/mol. The number of likely N-dealkylation sites (tertiary alicyclic amines) is 1. The predicted molar refractivity (Wildman–Crippen MR) is 157 cm³/mol. The molecule has 0 saturated carbocycles. The fourth-order valence-electron chi connectivity index (χ4n) is 5.51. The molecule has 0 amide bonds. The minimum absolute atomic E-state index is 0.0110. The number of anilines is 1. The number of piperidine rings is 1. The molecule has 41 heavy (non-hydrogen) atoms. The summed E-state index contributed by atoms with van der Waals surface area (Å²) < 4.78 is 37.5. The first-order chi connectivity index (χ1) is 19.7. The standard InChI is InChI=1S/C30H45FN4O6/c1-7-39-23-9-10-24(31)26(15-23)34-12-11-27(20(2)18-34)41-29(32-5)17-33-22(4)35-19-28(40-14-8-13-38-6)21(3)25(35)16-30(36)37/h9-10,15,17,20-21,25,27-28H,5,7-8,11-14,16,18-19H2,1-4,6H3,(H,36,37)/b29-17+,33-22?/t20-,21?,25?,27-,28?/m1/s1. The van der Waals surface area contributed by atoms with Gasteiger partial charge >= 0.3 is 5.97 Å². The zero-order chi connectivity index (χ0) is 29.9. The zero-order valence-corrected chi connectivity index (χ0v) is 24.9. The van der Waals surface area contributed by atoms with Crippen molar-refractivity contribution < 1.29 is 33.2 Å². The summed E-state index contributed by atoms with van der Waals surface area (Å²) in [4.78, 5) is 24.2. The minimum atomic E-state index is -0.864. The number of halogens is 1. The van der Waals surface area contributed by atoms with E-state index in [2.05, 4.69) is 23.6 Å². The van der Waals surface area contributed by atoms with E-state index in [0.29, 0.717) is 63.1 Å². The van der Waals surface area contributed by atoms with Crippen molar-refractivity contribution in [2.45, 2.75) is 65.2 Å². The fourth-order valence-corrected chi connectivity index (χ4v) is 5.51. The lowest BCUT2D eigenvalue weighted by Crippen LogP contribution is -2.43. The van der Waals surface area contributed by atoms with E-state index in [-0.39, 0.29) is 48.2 Å². The van der Waals surface area contributed by atoms with Gasteiger partial charge in [-0.1, -0.05) is 13.8 Å². The number of benzene rings is 1. The number of nitrogens with zero attached hydrogens (tertiary/aromatic N) is 4. The van der Waals surface area contributed by atoms with Crippen molar-refractivity contribution in [2.24, 2.45) is 21.8 Å². The van der Waals surface area contributed by atoms with Crippen LogP contribution in [0, 0.1) is 17.7 Å². The third-order valence-electron chi connectivity index (χ3n) is 7.78. The Morgan fingerprint density at radius 1 is 1.24 bits per heavy atom. The first-order valence-corrected chi connectivity index (χ1v) is 14.3. The molecule has 0 radical (unpaired) electrons. The van der Waals surface area contributed by atoms with Gasteiger partial charge in [-0.15, -0.1) is 0 Å². The van der Waals surface area contributed by atoms with Crippen molar-refractivity contribution in [1.82, 2.24) is 4.90 Å². The molecule has 2 aliphatic heterocycles. The zero-order valence-electron chi connectivity index (χ0n) is 24.9. The van der Waals surface area contributed by atoms with E-state index in [4.69, 9.17) is 18.9 Å². The van der Waals surface area contributed by atoms with Crippen LogP contribution >= 0.6 is 0 Å². The second-order valence-corrected chi connectivity index (χ2v) is 10.6. The van der Waals surface area contributed by atoms with Crippen LogP contribution in [0.5, 0.6) is 5.75 Å². The normalized spacial score (nSPS) is 25.4. The van der Waals surface area contributed by atoms with Gasteiger partial charge in [0.05, 0.1) is 31.0 Å². The van der Waals surface area contributed by atoms with Crippen molar-refractivity contribution in [3.05, 3.63) is 36.1 Å². The molecule has 5 atom stereocenters. The molecule has 0 bridgehead atoms. The first kappa shape index (κ1) is 32.3. The van der Waals surface area contributed by atoms with Gasteiger partial charge in [-0.3, -0.25) is 4.79 Å². The van der Waals surface area contributed by atoms with Gasteiger partial charge in [-0.05, 0) is 39.1 Å². The van der Waals surface area contributed by atoms with Crippen LogP contribution in [0.4, 0.5) is 10.1 Å². The molecule has 0 aromatic heterocycles. The van der Waals surface area contributed by atoms with Crippen molar-refractivity contribution in [2.75, 3.05) is 51.5 Å². The summed E-state index contributed by atoms with van der Waals surface area (Å²) in [6.07, 6.45) is 2.71. The molecule has 3 unspecified atom stereocenters.